The summed E-state index contributed by atoms with van der Waals surface area (Å²) < 4.78 is 7.46. The molecule has 0 atom stereocenters. The number of aromatic nitrogens is 4. The SMILES string of the molecule is c1cc2c(s1)CCN(Cc1nc(-c3cnn4c3NCCC4)no1)C2. The molecule has 3 aromatic rings. The zero-order chi connectivity index (χ0) is 15.9. The molecule has 0 saturated carbocycles. The van der Waals surface area contributed by atoms with Crippen LogP contribution in [0, 0.1) is 0 Å². The van der Waals surface area contributed by atoms with Crippen molar-refractivity contribution < 1.29 is 4.52 Å². The second-order valence-electron chi connectivity index (χ2n) is 6.25. The summed E-state index contributed by atoms with van der Waals surface area (Å²) in [5.41, 5.74) is 2.35. The van der Waals surface area contributed by atoms with E-state index < -0.39 is 0 Å². The van der Waals surface area contributed by atoms with Gasteiger partial charge in [0.05, 0.1) is 18.3 Å². The molecule has 0 aliphatic carbocycles. The van der Waals surface area contributed by atoms with Crippen molar-refractivity contribution in [1.29, 1.82) is 0 Å². The molecule has 1 N–H and O–H groups in total. The zero-order valence-corrected chi connectivity index (χ0v) is 14.1. The van der Waals surface area contributed by atoms with Gasteiger partial charge in [-0.15, -0.1) is 11.3 Å². The molecule has 5 rings (SSSR count). The van der Waals surface area contributed by atoms with Gasteiger partial charge in [0.1, 0.15) is 5.82 Å². The summed E-state index contributed by atoms with van der Waals surface area (Å²) in [6, 6.07) is 2.22. The summed E-state index contributed by atoms with van der Waals surface area (Å²) in [5, 5.41) is 14.1. The number of hydrogen-bond acceptors (Lipinski definition) is 7. The lowest BCUT2D eigenvalue weighted by Crippen LogP contribution is -2.29. The smallest absolute Gasteiger partial charge is 0.241 e. The third-order valence-corrected chi connectivity index (χ3v) is 5.66. The van der Waals surface area contributed by atoms with E-state index in [2.05, 4.69) is 36.9 Å². The fraction of sp³-hybridized carbons (Fsp3) is 0.438. The largest absolute Gasteiger partial charge is 0.370 e. The zero-order valence-electron chi connectivity index (χ0n) is 13.2. The Hall–Kier alpha value is -2.19. The van der Waals surface area contributed by atoms with Gasteiger partial charge in [0.2, 0.25) is 11.7 Å². The minimum Gasteiger partial charge on any atom is -0.370 e. The summed E-state index contributed by atoms with van der Waals surface area (Å²) in [6.07, 6.45) is 4.01. The van der Waals surface area contributed by atoms with E-state index >= 15 is 0 Å². The van der Waals surface area contributed by atoms with E-state index in [0.717, 1.165) is 50.4 Å². The predicted molar refractivity (Wildman–Crippen MR) is 90.8 cm³/mol. The van der Waals surface area contributed by atoms with Crippen LogP contribution < -0.4 is 5.32 Å². The van der Waals surface area contributed by atoms with Gasteiger partial charge in [-0.2, -0.15) is 10.1 Å². The van der Waals surface area contributed by atoms with Crippen molar-refractivity contribution in [3.8, 4) is 11.4 Å². The van der Waals surface area contributed by atoms with Gasteiger partial charge in [0.15, 0.2) is 0 Å². The molecule has 3 aromatic heterocycles. The van der Waals surface area contributed by atoms with Crippen LogP contribution in [0.3, 0.4) is 0 Å². The van der Waals surface area contributed by atoms with Crippen LogP contribution in [-0.2, 0) is 26.1 Å². The quantitative estimate of drug-likeness (QED) is 0.788. The monoisotopic (exact) mass is 342 g/mol. The molecule has 0 aromatic carbocycles. The van der Waals surface area contributed by atoms with Crippen LogP contribution in [0.25, 0.3) is 11.4 Å². The fourth-order valence-electron chi connectivity index (χ4n) is 3.40. The van der Waals surface area contributed by atoms with Crippen LogP contribution in [0.5, 0.6) is 0 Å². The van der Waals surface area contributed by atoms with Gasteiger partial charge >= 0.3 is 0 Å². The third-order valence-electron chi connectivity index (χ3n) is 4.63. The molecular weight excluding hydrogens is 324 g/mol. The van der Waals surface area contributed by atoms with Crippen molar-refractivity contribution in [3.63, 3.8) is 0 Å². The maximum absolute atomic E-state index is 5.49. The number of thiophene rings is 1. The van der Waals surface area contributed by atoms with Gasteiger partial charge in [0.25, 0.3) is 0 Å². The van der Waals surface area contributed by atoms with Crippen LogP contribution in [0.4, 0.5) is 5.82 Å². The first kappa shape index (κ1) is 14.2. The molecule has 5 heterocycles. The number of anilines is 1. The highest BCUT2D eigenvalue weighted by Gasteiger charge is 2.22. The molecular formula is C16H18N6OS. The summed E-state index contributed by atoms with van der Waals surface area (Å²) in [4.78, 5) is 8.46. The maximum Gasteiger partial charge on any atom is 0.241 e. The molecule has 2 aliphatic heterocycles. The minimum absolute atomic E-state index is 0.619. The summed E-state index contributed by atoms with van der Waals surface area (Å²) in [5.74, 6) is 2.28. The first-order chi connectivity index (χ1) is 11.9. The number of rotatable bonds is 3. The van der Waals surface area contributed by atoms with Crippen molar-refractivity contribution in [3.05, 3.63) is 34.0 Å². The third kappa shape index (κ3) is 2.42. The van der Waals surface area contributed by atoms with E-state index in [-0.39, 0.29) is 0 Å². The Balaban J connectivity index is 1.34. The molecule has 0 bridgehead atoms. The lowest BCUT2D eigenvalue weighted by atomic mass is 10.1. The Morgan fingerprint density at radius 2 is 2.33 bits per heavy atom. The molecule has 0 saturated heterocycles. The van der Waals surface area contributed by atoms with E-state index in [9.17, 15) is 0 Å². The summed E-state index contributed by atoms with van der Waals surface area (Å²) >= 11 is 1.85. The number of aryl methyl sites for hydroxylation is 1. The standard InChI is InChI=1S/C16H18N6OS/c1-4-17-16-12(8-18-22(16)5-1)15-19-14(23-20-15)10-21-6-2-13-11(9-21)3-7-24-13/h3,7-8,17H,1-2,4-6,9-10H2. The molecule has 24 heavy (non-hydrogen) atoms. The lowest BCUT2D eigenvalue weighted by molar-refractivity contribution is 0.212. The number of fused-ring (bicyclic) bond motifs is 2. The van der Waals surface area contributed by atoms with E-state index in [0.29, 0.717) is 18.3 Å². The van der Waals surface area contributed by atoms with E-state index in [1.54, 1.807) is 0 Å². The van der Waals surface area contributed by atoms with Crippen LogP contribution in [-0.4, -0.2) is 37.9 Å². The predicted octanol–water partition coefficient (Wildman–Crippen LogP) is 2.37. The number of nitrogens with one attached hydrogen (secondary N) is 1. The topological polar surface area (TPSA) is 72.0 Å². The van der Waals surface area contributed by atoms with Crippen LogP contribution in [0.2, 0.25) is 0 Å². The van der Waals surface area contributed by atoms with Crippen molar-refractivity contribution in [1.82, 2.24) is 24.8 Å². The van der Waals surface area contributed by atoms with Crippen LogP contribution >= 0.6 is 11.3 Å². The molecule has 0 radical (unpaired) electrons. The van der Waals surface area contributed by atoms with E-state index in [4.69, 9.17) is 4.52 Å². The van der Waals surface area contributed by atoms with Crippen molar-refractivity contribution in [2.24, 2.45) is 0 Å². The van der Waals surface area contributed by atoms with Crippen molar-refractivity contribution in [2.45, 2.75) is 32.5 Å². The molecule has 0 amide bonds. The number of nitrogens with zero attached hydrogens (tertiary/aromatic N) is 5. The molecule has 8 heteroatoms. The second-order valence-corrected chi connectivity index (χ2v) is 7.25. The van der Waals surface area contributed by atoms with Crippen molar-refractivity contribution >= 4 is 17.2 Å². The minimum atomic E-state index is 0.619. The first-order valence-electron chi connectivity index (χ1n) is 8.27. The molecule has 7 nitrogen and oxygen atoms in total. The van der Waals surface area contributed by atoms with Gasteiger partial charge in [0, 0.05) is 31.1 Å². The Morgan fingerprint density at radius 1 is 1.33 bits per heavy atom. The highest BCUT2D eigenvalue weighted by Crippen LogP contribution is 2.28. The Kier molecular flexibility index (Phi) is 3.37. The molecule has 2 aliphatic rings. The van der Waals surface area contributed by atoms with Gasteiger partial charge in [-0.25, -0.2) is 4.68 Å². The second kappa shape index (κ2) is 5.71. The highest BCUT2D eigenvalue weighted by molar-refractivity contribution is 7.10. The average Bonchev–Trinajstić information content (AvgIpc) is 3.33. The van der Waals surface area contributed by atoms with Gasteiger partial charge in [-0.3, -0.25) is 4.90 Å². The normalized spacial score (nSPS) is 17.3. The Morgan fingerprint density at radius 3 is 3.33 bits per heavy atom. The summed E-state index contributed by atoms with van der Waals surface area (Å²) in [6.45, 7) is 4.58. The van der Waals surface area contributed by atoms with Crippen molar-refractivity contribution in [2.75, 3.05) is 18.4 Å². The molecule has 124 valence electrons. The van der Waals surface area contributed by atoms with Crippen LogP contribution in [0.1, 0.15) is 22.8 Å². The van der Waals surface area contributed by atoms with Gasteiger partial charge in [-0.1, -0.05) is 5.16 Å². The first-order valence-corrected chi connectivity index (χ1v) is 9.15. The lowest BCUT2D eigenvalue weighted by Gasteiger charge is -2.24. The van der Waals surface area contributed by atoms with Gasteiger partial charge < -0.3 is 9.84 Å². The Bertz CT molecular complexity index is 866. The summed E-state index contributed by atoms with van der Waals surface area (Å²) in [7, 11) is 0. The maximum atomic E-state index is 5.49. The molecule has 0 spiro atoms. The van der Waals surface area contributed by atoms with Gasteiger partial charge in [-0.05, 0) is 29.9 Å². The molecule has 0 fully saturated rings. The average molecular weight is 342 g/mol. The Labute approximate surface area is 143 Å². The van der Waals surface area contributed by atoms with E-state index in [1.165, 1.54) is 10.4 Å². The van der Waals surface area contributed by atoms with E-state index in [1.807, 2.05) is 22.2 Å². The van der Waals surface area contributed by atoms with Crippen LogP contribution in [0.15, 0.2) is 22.2 Å². The fourth-order valence-corrected chi connectivity index (χ4v) is 4.29. The number of hydrogen-bond donors (Lipinski definition) is 1. The molecule has 0 unspecified atom stereocenters. The highest BCUT2D eigenvalue weighted by atomic mass is 32.1.